The summed E-state index contributed by atoms with van der Waals surface area (Å²) in [6, 6.07) is 11.1. The van der Waals surface area contributed by atoms with Gasteiger partial charge in [-0.05, 0) is 43.3 Å². The van der Waals surface area contributed by atoms with Gasteiger partial charge in [0.25, 0.3) is 0 Å². The average Bonchev–Trinajstić information content (AvgIpc) is 3.27. The molecule has 0 atom stereocenters. The Morgan fingerprint density at radius 3 is 2.81 bits per heavy atom. The Morgan fingerprint density at radius 2 is 2.07 bits per heavy atom. The highest BCUT2D eigenvalue weighted by Gasteiger charge is 2.11. The number of amides is 1. The zero-order valence-corrected chi connectivity index (χ0v) is 16.4. The van der Waals surface area contributed by atoms with Crippen molar-refractivity contribution < 1.29 is 9.21 Å². The molecule has 0 unspecified atom stereocenters. The third-order valence-electron chi connectivity index (χ3n) is 3.80. The van der Waals surface area contributed by atoms with Gasteiger partial charge in [-0.25, -0.2) is 0 Å². The van der Waals surface area contributed by atoms with E-state index in [1.165, 1.54) is 11.8 Å². The number of carbonyl (C=O) groups is 1. The Morgan fingerprint density at radius 1 is 1.30 bits per heavy atom. The summed E-state index contributed by atoms with van der Waals surface area (Å²) in [5, 5.41) is 12.3. The van der Waals surface area contributed by atoms with Crippen LogP contribution in [0.1, 0.15) is 11.6 Å². The van der Waals surface area contributed by atoms with Gasteiger partial charge in [-0.1, -0.05) is 29.4 Å². The van der Waals surface area contributed by atoms with E-state index in [1.54, 1.807) is 6.08 Å². The van der Waals surface area contributed by atoms with Crippen LogP contribution in [0, 0.1) is 6.92 Å². The highest BCUT2D eigenvalue weighted by atomic mass is 35.5. The van der Waals surface area contributed by atoms with Gasteiger partial charge in [0.15, 0.2) is 5.16 Å². The first-order valence-electron chi connectivity index (χ1n) is 8.31. The Balaban J connectivity index is 1.51. The van der Waals surface area contributed by atoms with E-state index in [2.05, 4.69) is 22.1 Å². The quantitative estimate of drug-likeness (QED) is 0.453. The van der Waals surface area contributed by atoms with Crippen LogP contribution in [0.15, 0.2) is 58.6 Å². The minimum absolute atomic E-state index is 0.102. The van der Waals surface area contributed by atoms with Crippen LogP contribution in [-0.2, 0) is 17.9 Å². The van der Waals surface area contributed by atoms with Crippen LogP contribution in [0.25, 0.3) is 11.3 Å². The van der Waals surface area contributed by atoms with Crippen molar-refractivity contribution in [2.45, 2.75) is 25.2 Å². The first-order valence-corrected chi connectivity index (χ1v) is 9.68. The van der Waals surface area contributed by atoms with Gasteiger partial charge in [0.05, 0.1) is 12.3 Å². The van der Waals surface area contributed by atoms with Crippen molar-refractivity contribution in [2.24, 2.45) is 0 Å². The zero-order chi connectivity index (χ0) is 19.2. The maximum absolute atomic E-state index is 12.1. The van der Waals surface area contributed by atoms with Gasteiger partial charge in [-0.2, -0.15) is 0 Å². The number of allylic oxidation sites excluding steroid dienone is 1. The molecule has 8 heteroatoms. The minimum Gasteiger partial charge on any atom is -0.459 e. The molecule has 1 amide bonds. The van der Waals surface area contributed by atoms with Gasteiger partial charge in [-0.15, -0.1) is 16.8 Å². The third kappa shape index (κ3) is 5.02. The number of hydrogen-bond acceptors (Lipinski definition) is 5. The molecule has 3 rings (SSSR count). The summed E-state index contributed by atoms with van der Waals surface area (Å²) in [5.41, 5.74) is 0.935. The summed E-state index contributed by atoms with van der Waals surface area (Å²) >= 11 is 7.24. The fraction of sp³-hybridized carbons (Fsp3) is 0.211. The minimum atomic E-state index is -0.102. The summed E-state index contributed by atoms with van der Waals surface area (Å²) in [6.07, 6.45) is 1.77. The van der Waals surface area contributed by atoms with E-state index < -0.39 is 0 Å². The van der Waals surface area contributed by atoms with Crippen LogP contribution in [0.3, 0.4) is 0 Å². The number of furan rings is 1. The summed E-state index contributed by atoms with van der Waals surface area (Å²) in [7, 11) is 0. The fourth-order valence-corrected chi connectivity index (χ4v) is 3.37. The molecule has 0 bridgehead atoms. The predicted molar refractivity (Wildman–Crippen MR) is 107 cm³/mol. The molecule has 0 aliphatic heterocycles. The molecule has 140 valence electrons. The lowest BCUT2D eigenvalue weighted by atomic mass is 10.2. The smallest absolute Gasteiger partial charge is 0.230 e. The number of carbonyl (C=O) groups excluding carboxylic acids is 1. The standard InChI is InChI=1S/C19H19ClN4O2S/c1-3-10-24-13(2)22-23-19(24)27-12-18(25)21-11-16-8-9-17(26-16)14-4-6-15(20)7-5-14/h3-9H,1,10-12H2,2H3,(H,21,25). The van der Waals surface area contributed by atoms with Gasteiger partial charge < -0.3 is 14.3 Å². The van der Waals surface area contributed by atoms with E-state index in [-0.39, 0.29) is 11.7 Å². The van der Waals surface area contributed by atoms with Gasteiger partial charge in [0.2, 0.25) is 5.91 Å². The Hall–Kier alpha value is -2.51. The van der Waals surface area contributed by atoms with Crippen molar-refractivity contribution in [3.05, 3.63) is 65.7 Å². The van der Waals surface area contributed by atoms with Crippen molar-refractivity contribution in [3.8, 4) is 11.3 Å². The highest BCUT2D eigenvalue weighted by molar-refractivity contribution is 7.99. The van der Waals surface area contributed by atoms with Crippen molar-refractivity contribution in [3.63, 3.8) is 0 Å². The Bertz CT molecular complexity index is 934. The third-order valence-corrected chi connectivity index (χ3v) is 5.01. The van der Waals surface area contributed by atoms with Crippen LogP contribution in [0.2, 0.25) is 5.02 Å². The lowest BCUT2D eigenvalue weighted by Gasteiger charge is -2.05. The summed E-state index contributed by atoms with van der Waals surface area (Å²) in [6.45, 7) is 6.53. The predicted octanol–water partition coefficient (Wildman–Crippen LogP) is 4.09. The molecule has 2 aromatic heterocycles. The molecule has 0 fully saturated rings. The number of thioether (sulfide) groups is 1. The molecule has 0 saturated heterocycles. The number of rotatable bonds is 8. The number of benzene rings is 1. The lowest BCUT2D eigenvalue weighted by Crippen LogP contribution is -2.24. The molecule has 0 radical (unpaired) electrons. The molecule has 27 heavy (non-hydrogen) atoms. The molecule has 0 spiro atoms. The lowest BCUT2D eigenvalue weighted by molar-refractivity contribution is -0.118. The SMILES string of the molecule is C=CCn1c(C)nnc1SCC(=O)NCc1ccc(-c2ccc(Cl)cc2)o1. The van der Waals surface area contributed by atoms with Crippen LogP contribution in [0.5, 0.6) is 0 Å². The molecule has 1 N–H and O–H groups in total. The largest absolute Gasteiger partial charge is 0.459 e. The number of aromatic nitrogens is 3. The van der Waals surface area contributed by atoms with E-state index in [9.17, 15) is 4.79 Å². The van der Waals surface area contributed by atoms with E-state index in [0.29, 0.717) is 29.0 Å². The first-order chi connectivity index (χ1) is 13.1. The number of hydrogen-bond donors (Lipinski definition) is 1. The Kier molecular flexibility index (Phi) is 6.36. The second-order valence-electron chi connectivity index (χ2n) is 5.77. The molecule has 6 nitrogen and oxygen atoms in total. The molecule has 2 heterocycles. The van der Waals surface area contributed by atoms with E-state index >= 15 is 0 Å². The number of aryl methyl sites for hydroxylation is 1. The average molecular weight is 403 g/mol. The molecular weight excluding hydrogens is 384 g/mol. The van der Waals surface area contributed by atoms with Gasteiger partial charge in [-0.3, -0.25) is 4.79 Å². The highest BCUT2D eigenvalue weighted by Crippen LogP contribution is 2.24. The second-order valence-corrected chi connectivity index (χ2v) is 7.15. The molecule has 1 aromatic carbocycles. The normalized spacial score (nSPS) is 10.7. The second kappa shape index (κ2) is 8.92. The maximum atomic E-state index is 12.1. The van der Waals surface area contributed by atoms with Crippen LogP contribution in [-0.4, -0.2) is 26.4 Å². The molecular formula is C19H19ClN4O2S. The van der Waals surface area contributed by atoms with Crippen LogP contribution in [0.4, 0.5) is 0 Å². The van der Waals surface area contributed by atoms with Crippen LogP contribution < -0.4 is 5.32 Å². The van der Waals surface area contributed by atoms with Crippen molar-refractivity contribution in [2.75, 3.05) is 5.75 Å². The van der Waals surface area contributed by atoms with Crippen molar-refractivity contribution in [1.82, 2.24) is 20.1 Å². The molecule has 0 saturated carbocycles. The monoisotopic (exact) mass is 402 g/mol. The Labute approximate surface area is 166 Å². The number of halogens is 1. The summed E-state index contributed by atoms with van der Waals surface area (Å²) in [5.74, 6) is 2.36. The summed E-state index contributed by atoms with van der Waals surface area (Å²) < 4.78 is 7.69. The van der Waals surface area contributed by atoms with E-state index in [1.807, 2.05) is 47.9 Å². The van der Waals surface area contributed by atoms with Gasteiger partial charge in [0.1, 0.15) is 17.3 Å². The fourth-order valence-electron chi connectivity index (χ4n) is 2.42. The zero-order valence-electron chi connectivity index (χ0n) is 14.8. The van der Waals surface area contributed by atoms with Crippen molar-refractivity contribution >= 4 is 29.3 Å². The number of nitrogens with one attached hydrogen (secondary N) is 1. The molecule has 0 aliphatic rings. The van der Waals surface area contributed by atoms with E-state index in [4.69, 9.17) is 16.0 Å². The molecule has 0 aliphatic carbocycles. The van der Waals surface area contributed by atoms with Crippen molar-refractivity contribution in [1.29, 1.82) is 0 Å². The summed E-state index contributed by atoms with van der Waals surface area (Å²) in [4.78, 5) is 12.1. The maximum Gasteiger partial charge on any atom is 0.230 e. The first kappa shape index (κ1) is 19.3. The topological polar surface area (TPSA) is 73.0 Å². The van der Waals surface area contributed by atoms with Gasteiger partial charge >= 0.3 is 0 Å². The number of nitrogens with zero attached hydrogens (tertiary/aromatic N) is 3. The van der Waals surface area contributed by atoms with E-state index in [0.717, 1.165) is 17.1 Å². The molecule has 3 aromatic rings. The van der Waals surface area contributed by atoms with Gasteiger partial charge in [0, 0.05) is 17.1 Å². The van der Waals surface area contributed by atoms with Crippen LogP contribution >= 0.6 is 23.4 Å².